The van der Waals surface area contributed by atoms with E-state index in [-0.39, 0.29) is 5.78 Å². The van der Waals surface area contributed by atoms with Crippen molar-refractivity contribution >= 4 is 39.5 Å². The second kappa shape index (κ2) is 9.77. The minimum absolute atomic E-state index is 0.139. The number of carbonyl (C=O) groups excluding carboxylic acids is 1. The van der Waals surface area contributed by atoms with Crippen molar-refractivity contribution in [3.63, 3.8) is 0 Å². The molecule has 0 spiro atoms. The Bertz CT molecular complexity index is 1620. The summed E-state index contributed by atoms with van der Waals surface area (Å²) in [5.74, 6) is 0.139. The summed E-state index contributed by atoms with van der Waals surface area (Å²) in [5.41, 5.74) is 5.06. The predicted octanol–water partition coefficient (Wildman–Crippen LogP) is 7.54. The summed E-state index contributed by atoms with van der Waals surface area (Å²) in [4.78, 5) is 16.1. The molecule has 1 heterocycles. The molecule has 5 aromatic carbocycles. The number of likely N-dealkylation sites (tertiary alicyclic amines) is 1. The third-order valence-electron chi connectivity index (χ3n) is 6.89. The minimum atomic E-state index is 0.139. The van der Waals surface area contributed by atoms with Crippen LogP contribution in [0.4, 0.5) is 0 Å². The highest BCUT2D eigenvalue weighted by atomic mass is 16.1. The first-order valence-electron chi connectivity index (χ1n) is 12.4. The SMILES string of the molecule is O=C1/C(=C\c2cccc3ccccc23)CN(Cc2ccccc2)C/C1=C\c1ccc2ccccc2c1. The quantitative estimate of drug-likeness (QED) is 0.256. The molecule has 0 N–H and O–H groups in total. The minimum Gasteiger partial charge on any atom is -0.290 e. The van der Waals surface area contributed by atoms with Crippen LogP contribution in [-0.4, -0.2) is 23.8 Å². The summed E-state index contributed by atoms with van der Waals surface area (Å²) in [6, 6.07) is 39.9. The lowest BCUT2D eigenvalue weighted by atomic mass is 9.92. The van der Waals surface area contributed by atoms with Gasteiger partial charge in [0.2, 0.25) is 0 Å². The van der Waals surface area contributed by atoms with Crippen molar-refractivity contribution in [1.29, 1.82) is 0 Å². The summed E-state index contributed by atoms with van der Waals surface area (Å²) in [6.07, 6.45) is 4.17. The van der Waals surface area contributed by atoms with E-state index in [4.69, 9.17) is 0 Å². The van der Waals surface area contributed by atoms with E-state index in [1.54, 1.807) is 0 Å². The lowest BCUT2D eigenvalue weighted by molar-refractivity contribution is -0.113. The molecule has 174 valence electrons. The van der Waals surface area contributed by atoms with E-state index < -0.39 is 0 Å². The first-order chi connectivity index (χ1) is 17.7. The van der Waals surface area contributed by atoms with Gasteiger partial charge in [-0.15, -0.1) is 0 Å². The molecule has 6 rings (SSSR count). The highest BCUT2D eigenvalue weighted by Crippen LogP contribution is 2.27. The van der Waals surface area contributed by atoms with E-state index in [1.807, 2.05) is 6.07 Å². The van der Waals surface area contributed by atoms with Crippen LogP contribution in [0.25, 0.3) is 33.7 Å². The molecule has 1 fully saturated rings. The Morgan fingerprint density at radius 3 is 2.11 bits per heavy atom. The van der Waals surface area contributed by atoms with E-state index >= 15 is 0 Å². The van der Waals surface area contributed by atoms with Crippen molar-refractivity contribution < 1.29 is 4.79 Å². The molecule has 0 bridgehead atoms. The number of piperidine rings is 1. The average molecular weight is 466 g/mol. The molecular weight excluding hydrogens is 438 g/mol. The molecule has 2 nitrogen and oxygen atoms in total. The van der Waals surface area contributed by atoms with Crippen molar-refractivity contribution in [2.75, 3.05) is 13.1 Å². The van der Waals surface area contributed by atoms with Gasteiger partial charge in [0.1, 0.15) is 0 Å². The number of hydrogen-bond donors (Lipinski definition) is 0. The van der Waals surface area contributed by atoms with Crippen molar-refractivity contribution in [2.24, 2.45) is 0 Å². The van der Waals surface area contributed by atoms with Crippen LogP contribution >= 0.6 is 0 Å². The fourth-order valence-electron chi connectivity index (χ4n) is 5.13. The Kier molecular flexibility index (Phi) is 6.03. The largest absolute Gasteiger partial charge is 0.290 e. The smallest absolute Gasteiger partial charge is 0.187 e. The van der Waals surface area contributed by atoms with Gasteiger partial charge in [-0.3, -0.25) is 9.69 Å². The summed E-state index contributed by atoms with van der Waals surface area (Å²) in [5, 5.41) is 4.74. The van der Waals surface area contributed by atoms with E-state index in [1.165, 1.54) is 27.1 Å². The molecule has 1 aliphatic rings. The van der Waals surface area contributed by atoms with Gasteiger partial charge >= 0.3 is 0 Å². The number of ketones is 1. The maximum atomic E-state index is 13.8. The summed E-state index contributed by atoms with van der Waals surface area (Å²) < 4.78 is 0. The number of Topliss-reactive ketones (excluding diaryl/α,β-unsaturated/α-hetero) is 1. The second-order valence-corrected chi connectivity index (χ2v) is 9.47. The van der Waals surface area contributed by atoms with E-state index in [2.05, 4.69) is 126 Å². The highest BCUT2D eigenvalue weighted by molar-refractivity contribution is 6.15. The Morgan fingerprint density at radius 2 is 1.28 bits per heavy atom. The molecule has 5 aromatic rings. The normalized spacial score (nSPS) is 16.8. The van der Waals surface area contributed by atoms with Crippen LogP contribution in [0.3, 0.4) is 0 Å². The van der Waals surface area contributed by atoms with Crippen LogP contribution < -0.4 is 0 Å². The van der Waals surface area contributed by atoms with Crippen LogP contribution in [0.2, 0.25) is 0 Å². The first kappa shape index (κ1) is 22.2. The molecule has 2 heteroatoms. The molecule has 36 heavy (non-hydrogen) atoms. The number of nitrogens with zero attached hydrogens (tertiary/aromatic N) is 1. The summed E-state index contributed by atoms with van der Waals surface area (Å²) in [7, 11) is 0. The average Bonchev–Trinajstić information content (AvgIpc) is 2.92. The monoisotopic (exact) mass is 465 g/mol. The first-order valence-corrected chi connectivity index (χ1v) is 12.4. The van der Waals surface area contributed by atoms with Gasteiger partial charge in [0.05, 0.1) is 0 Å². The third kappa shape index (κ3) is 4.64. The molecule has 1 aliphatic heterocycles. The zero-order valence-corrected chi connectivity index (χ0v) is 20.1. The second-order valence-electron chi connectivity index (χ2n) is 9.47. The Balaban J connectivity index is 1.41. The van der Waals surface area contributed by atoms with Crippen LogP contribution in [0.5, 0.6) is 0 Å². The Morgan fingerprint density at radius 1 is 0.611 bits per heavy atom. The number of benzene rings is 5. The van der Waals surface area contributed by atoms with E-state index in [0.717, 1.165) is 28.8 Å². The van der Waals surface area contributed by atoms with Crippen molar-refractivity contribution in [3.05, 3.63) is 143 Å². The van der Waals surface area contributed by atoms with Gasteiger partial charge < -0.3 is 0 Å². The fraction of sp³-hybridized carbons (Fsp3) is 0.0882. The zero-order chi connectivity index (χ0) is 24.3. The van der Waals surface area contributed by atoms with Crippen molar-refractivity contribution in [1.82, 2.24) is 4.90 Å². The number of fused-ring (bicyclic) bond motifs is 2. The highest BCUT2D eigenvalue weighted by Gasteiger charge is 2.26. The molecule has 0 amide bonds. The van der Waals surface area contributed by atoms with Gasteiger partial charge in [-0.1, -0.05) is 109 Å². The van der Waals surface area contributed by atoms with Crippen LogP contribution in [-0.2, 0) is 11.3 Å². The van der Waals surface area contributed by atoms with Crippen LogP contribution in [0, 0.1) is 0 Å². The Labute approximate surface area is 211 Å². The van der Waals surface area contributed by atoms with Gasteiger partial charge in [-0.05, 0) is 56.5 Å². The summed E-state index contributed by atoms with van der Waals surface area (Å²) in [6.45, 7) is 2.06. The lowest BCUT2D eigenvalue weighted by Crippen LogP contribution is -2.37. The molecule has 0 atom stereocenters. The van der Waals surface area contributed by atoms with Gasteiger partial charge in [-0.25, -0.2) is 0 Å². The topological polar surface area (TPSA) is 20.3 Å². The van der Waals surface area contributed by atoms with Crippen molar-refractivity contribution in [3.8, 4) is 0 Å². The maximum Gasteiger partial charge on any atom is 0.187 e. The predicted molar refractivity (Wildman–Crippen MR) is 151 cm³/mol. The molecule has 0 radical (unpaired) electrons. The third-order valence-corrected chi connectivity index (χ3v) is 6.89. The molecule has 0 aromatic heterocycles. The zero-order valence-electron chi connectivity index (χ0n) is 20.1. The standard InChI is InChI=1S/C34H27NO/c36-34-31(20-26-17-18-27-11-4-5-13-29(27)19-26)23-35(22-25-9-2-1-3-10-25)24-32(34)21-30-15-8-14-28-12-6-7-16-33(28)30/h1-21H,22-24H2/b31-20+,32-21-. The molecular formula is C34H27NO. The van der Waals surface area contributed by atoms with E-state index in [0.29, 0.717) is 13.1 Å². The maximum absolute atomic E-state index is 13.8. The van der Waals surface area contributed by atoms with Crippen LogP contribution in [0.1, 0.15) is 16.7 Å². The number of carbonyl (C=O) groups is 1. The van der Waals surface area contributed by atoms with Crippen molar-refractivity contribution in [2.45, 2.75) is 6.54 Å². The molecule has 1 saturated heterocycles. The van der Waals surface area contributed by atoms with Gasteiger partial charge in [0.15, 0.2) is 5.78 Å². The fourth-order valence-corrected chi connectivity index (χ4v) is 5.13. The molecule has 0 aliphatic carbocycles. The number of rotatable bonds is 4. The Hall–Kier alpha value is -4.27. The van der Waals surface area contributed by atoms with E-state index in [9.17, 15) is 4.79 Å². The van der Waals surface area contributed by atoms with Gasteiger partial charge in [-0.2, -0.15) is 0 Å². The number of hydrogen-bond acceptors (Lipinski definition) is 2. The van der Waals surface area contributed by atoms with Gasteiger partial charge in [0.25, 0.3) is 0 Å². The molecule has 0 unspecified atom stereocenters. The molecule has 0 saturated carbocycles. The summed E-state index contributed by atoms with van der Waals surface area (Å²) >= 11 is 0. The van der Waals surface area contributed by atoms with Crippen LogP contribution in [0.15, 0.2) is 126 Å². The lowest BCUT2D eigenvalue weighted by Gasteiger charge is -2.30. The van der Waals surface area contributed by atoms with Gasteiger partial charge in [0, 0.05) is 30.8 Å².